The Hall–Kier alpha value is -3.68. The molecule has 0 atom stereocenters. The number of amides is 2. The van der Waals surface area contributed by atoms with Crippen LogP contribution in [0, 0.1) is 6.92 Å². The summed E-state index contributed by atoms with van der Waals surface area (Å²) in [6.45, 7) is 1.67. The quantitative estimate of drug-likeness (QED) is 0.340. The molecular formula is C25H20ClN3O3S. The topological polar surface area (TPSA) is 80.3 Å². The molecule has 0 saturated carbocycles. The third kappa shape index (κ3) is 5.77. The van der Waals surface area contributed by atoms with Crippen molar-refractivity contribution in [2.45, 2.75) is 6.92 Å². The van der Waals surface area contributed by atoms with E-state index in [0.29, 0.717) is 32.2 Å². The Kier molecular flexibility index (Phi) is 7.02. The van der Waals surface area contributed by atoms with Gasteiger partial charge in [-0.1, -0.05) is 71.5 Å². The molecule has 166 valence electrons. The fourth-order valence-electron chi connectivity index (χ4n) is 3.03. The van der Waals surface area contributed by atoms with Crippen LogP contribution in [-0.4, -0.2) is 23.4 Å². The third-order valence-corrected chi connectivity index (χ3v) is 5.99. The predicted molar refractivity (Wildman–Crippen MR) is 132 cm³/mol. The predicted octanol–water partition coefficient (Wildman–Crippen LogP) is 6.04. The number of carbonyl (C=O) groups is 2. The molecule has 2 amide bonds. The average Bonchev–Trinajstić information content (AvgIpc) is 3.22. The highest BCUT2D eigenvalue weighted by molar-refractivity contribution is 7.20. The molecule has 0 aliphatic carbocycles. The SMILES string of the molecule is Cc1cc(OCC(=O)Nc2nc(-c3ccccc3)c(NC(=O)c3ccccc3)s2)ccc1Cl. The standard InChI is InChI=1S/C25H20ClN3O3S/c1-16-14-19(12-13-20(16)26)32-15-21(30)27-25-28-22(17-8-4-2-5-9-17)24(33-25)29-23(31)18-10-6-3-7-11-18/h2-14H,15H2,1H3,(H,29,31)(H,27,28,30). The largest absolute Gasteiger partial charge is 0.484 e. The molecule has 1 heterocycles. The number of carbonyl (C=O) groups excluding carboxylic acids is 2. The number of benzene rings is 3. The van der Waals surface area contributed by atoms with Gasteiger partial charge in [0.15, 0.2) is 11.7 Å². The second kappa shape index (κ2) is 10.3. The zero-order valence-corrected chi connectivity index (χ0v) is 19.2. The summed E-state index contributed by atoms with van der Waals surface area (Å²) in [6, 6.07) is 23.6. The van der Waals surface area contributed by atoms with Crippen molar-refractivity contribution >= 4 is 44.9 Å². The van der Waals surface area contributed by atoms with Crippen molar-refractivity contribution in [1.29, 1.82) is 0 Å². The molecule has 0 fully saturated rings. The molecular weight excluding hydrogens is 458 g/mol. The average molecular weight is 478 g/mol. The van der Waals surface area contributed by atoms with Crippen LogP contribution in [0.4, 0.5) is 10.1 Å². The first-order valence-corrected chi connectivity index (χ1v) is 11.3. The van der Waals surface area contributed by atoms with E-state index in [1.165, 1.54) is 11.3 Å². The van der Waals surface area contributed by atoms with Gasteiger partial charge < -0.3 is 10.1 Å². The van der Waals surface area contributed by atoms with E-state index in [1.807, 2.05) is 43.3 Å². The van der Waals surface area contributed by atoms with Crippen LogP contribution in [0.1, 0.15) is 15.9 Å². The Morgan fingerprint density at radius 1 is 0.970 bits per heavy atom. The summed E-state index contributed by atoms with van der Waals surface area (Å²) in [5.74, 6) is -0.0698. The highest BCUT2D eigenvalue weighted by atomic mass is 35.5. The summed E-state index contributed by atoms with van der Waals surface area (Å²) in [4.78, 5) is 29.7. The van der Waals surface area contributed by atoms with Gasteiger partial charge in [-0.15, -0.1) is 0 Å². The van der Waals surface area contributed by atoms with Crippen molar-refractivity contribution in [3.05, 3.63) is 95.0 Å². The molecule has 4 aromatic rings. The van der Waals surface area contributed by atoms with Gasteiger partial charge in [0.25, 0.3) is 11.8 Å². The van der Waals surface area contributed by atoms with Crippen molar-refractivity contribution in [2.24, 2.45) is 0 Å². The van der Waals surface area contributed by atoms with Gasteiger partial charge in [0.05, 0.1) is 0 Å². The summed E-state index contributed by atoms with van der Waals surface area (Å²) in [5.41, 5.74) is 2.79. The molecule has 0 saturated heterocycles. The van der Waals surface area contributed by atoms with Gasteiger partial charge in [0, 0.05) is 16.1 Å². The van der Waals surface area contributed by atoms with Crippen LogP contribution in [0.25, 0.3) is 11.3 Å². The van der Waals surface area contributed by atoms with Gasteiger partial charge in [-0.05, 0) is 42.8 Å². The number of thiazole rings is 1. The molecule has 0 aliphatic rings. The maximum Gasteiger partial charge on any atom is 0.264 e. The second-order valence-electron chi connectivity index (χ2n) is 7.13. The first-order chi connectivity index (χ1) is 16.0. The lowest BCUT2D eigenvalue weighted by molar-refractivity contribution is -0.118. The number of ether oxygens (including phenoxy) is 1. The van der Waals surface area contributed by atoms with Gasteiger partial charge in [-0.3, -0.25) is 14.9 Å². The summed E-state index contributed by atoms with van der Waals surface area (Å²) >= 11 is 7.21. The van der Waals surface area contributed by atoms with E-state index in [1.54, 1.807) is 42.5 Å². The normalized spacial score (nSPS) is 10.5. The van der Waals surface area contributed by atoms with E-state index in [2.05, 4.69) is 15.6 Å². The molecule has 0 radical (unpaired) electrons. The van der Waals surface area contributed by atoms with Gasteiger partial charge in [0.1, 0.15) is 16.4 Å². The number of hydrogen-bond donors (Lipinski definition) is 2. The van der Waals surface area contributed by atoms with E-state index in [-0.39, 0.29) is 18.4 Å². The fourth-order valence-corrected chi connectivity index (χ4v) is 4.04. The summed E-state index contributed by atoms with van der Waals surface area (Å²) in [5, 5.41) is 7.19. The van der Waals surface area contributed by atoms with Gasteiger partial charge in [0.2, 0.25) is 0 Å². The number of aromatic nitrogens is 1. The molecule has 33 heavy (non-hydrogen) atoms. The lowest BCUT2D eigenvalue weighted by atomic mass is 10.1. The van der Waals surface area contributed by atoms with E-state index in [0.717, 1.165) is 11.1 Å². The molecule has 0 aliphatic heterocycles. The minimum atomic E-state index is -0.364. The Morgan fingerprint density at radius 3 is 2.36 bits per heavy atom. The summed E-state index contributed by atoms with van der Waals surface area (Å²) < 4.78 is 5.56. The Bertz CT molecular complexity index is 1280. The van der Waals surface area contributed by atoms with Crippen LogP contribution in [0.2, 0.25) is 5.02 Å². The Morgan fingerprint density at radius 2 is 1.67 bits per heavy atom. The molecule has 0 spiro atoms. The van der Waals surface area contributed by atoms with Crippen molar-refractivity contribution in [2.75, 3.05) is 17.2 Å². The lowest BCUT2D eigenvalue weighted by Gasteiger charge is -2.07. The number of aryl methyl sites for hydroxylation is 1. The molecule has 8 heteroatoms. The van der Waals surface area contributed by atoms with Crippen molar-refractivity contribution < 1.29 is 14.3 Å². The van der Waals surface area contributed by atoms with Crippen LogP contribution >= 0.6 is 22.9 Å². The second-order valence-corrected chi connectivity index (χ2v) is 8.54. The van der Waals surface area contributed by atoms with Gasteiger partial charge >= 0.3 is 0 Å². The van der Waals surface area contributed by atoms with Crippen LogP contribution in [0.5, 0.6) is 5.75 Å². The number of rotatable bonds is 7. The van der Waals surface area contributed by atoms with Crippen LogP contribution in [-0.2, 0) is 4.79 Å². The summed E-state index contributed by atoms with van der Waals surface area (Å²) in [6.07, 6.45) is 0. The third-order valence-electron chi connectivity index (χ3n) is 4.68. The highest BCUT2D eigenvalue weighted by Crippen LogP contribution is 2.36. The lowest BCUT2D eigenvalue weighted by Crippen LogP contribution is -2.20. The molecule has 1 aromatic heterocycles. The van der Waals surface area contributed by atoms with E-state index >= 15 is 0 Å². The first-order valence-electron chi connectivity index (χ1n) is 10.1. The highest BCUT2D eigenvalue weighted by Gasteiger charge is 2.18. The van der Waals surface area contributed by atoms with Crippen molar-refractivity contribution in [3.8, 4) is 17.0 Å². The molecule has 6 nitrogen and oxygen atoms in total. The van der Waals surface area contributed by atoms with Gasteiger partial charge in [-0.25, -0.2) is 4.98 Å². The van der Waals surface area contributed by atoms with E-state index < -0.39 is 0 Å². The van der Waals surface area contributed by atoms with Crippen molar-refractivity contribution in [1.82, 2.24) is 4.98 Å². The Labute approximate surface area is 200 Å². The van der Waals surface area contributed by atoms with Gasteiger partial charge in [-0.2, -0.15) is 0 Å². The molecule has 4 rings (SSSR count). The number of anilines is 2. The van der Waals surface area contributed by atoms with Crippen molar-refractivity contribution in [3.63, 3.8) is 0 Å². The van der Waals surface area contributed by atoms with Crippen LogP contribution < -0.4 is 15.4 Å². The van der Waals surface area contributed by atoms with E-state index in [4.69, 9.17) is 16.3 Å². The van der Waals surface area contributed by atoms with E-state index in [9.17, 15) is 9.59 Å². The first kappa shape index (κ1) is 22.5. The van der Waals surface area contributed by atoms with Crippen LogP contribution in [0.3, 0.4) is 0 Å². The zero-order valence-electron chi connectivity index (χ0n) is 17.7. The number of nitrogens with zero attached hydrogens (tertiary/aromatic N) is 1. The number of nitrogens with one attached hydrogen (secondary N) is 2. The fraction of sp³-hybridized carbons (Fsp3) is 0.0800. The summed E-state index contributed by atoms with van der Waals surface area (Å²) in [7, 11) is 0. The maximum absolute atomic E-state index is 12.7. The number of halogens is 1. The Balaban J connectivity index is 1.50. The molecule has 3 aromatic carbocycles. The zero-order chi connectivity index (χ0) is 23.2. The minimum absolute atomic E-state index is 0.187. The smallest absolute Gasteiger partial charge is 0.264 e. The molecule has 2 N–H and O–H groups in total. The molecule has 0 bridgehead atoms. The van der Waals surface area contributed by atoms with Crippen LogP contribution in [0.15, 0.2) is 78.9 Å². The number of hydrogen-bond acceptors (Lipinski definition) is 5. The minimum Gasteiger partial charge on any atom is -0.484 e. The molecule has 0 unspecified atom stereocenters. The maximum atomic E-state index is 12.7. The monoisotopic (exact) mass is 477 g/mol.